The van der Waals surface area contributed by atoms with Crippen LogP contribution in [0.5, 0.6) is 0 Å². The number of nitrogens with one attached hydrogen (secondary N) is 1. The van der Waals surface area contributed by atoms with Gasteiger partial charge in [0, 0.05) is 10.9 Å². The number of anilines is 1. The summed E-state index contributed by atoms with van der Waals surface area (Å²) in [5.41, 5.74) is 3.20. The first kappa shape index (κ1) is 16.5. The Balaban J connectivity index is 1.99. The van der Waals surface area contributed by atoms with Gasteiger partial charge in [0.2, 0.25) is 5.91 Å². The molecule has 0 unspecified atom stereocenters. The van der Waals surface area contributed by atoms with Crippen molar-refractivity contribution in [2.45, 2.75) is 19.8 Å². The van der Waals surface area contributed by atoms with Gasteiger partial charge < -0.3 is 5.32 Å². The Kier molecular flexibility index (Phi) is 5.99. The zero-order chi connectivity index (χ0) is 15.9. The van der Waals surface area contributed by atoms with Gasteiger partial charge in [-0.2, -0.15) is 5.26 Å². The lowest BCUT2D eigenvalue weighted by Crippen LogP contribution is -2.14. The molecule has 0 aliphatic heterocycles. The summed E-state index contributed by atoms with van der Waals surface area (Å²) in [7, 11) is 0. The molecule has 0 spiro atoms. The molecule has 0 atom stereocenters. The van der Waals surface area contributed by atoms with Gasteiger partial charge in [0.15, 0.2) is 5.13 Å². The third-order valence-corrected chi connectivity index (χ3v) is 4.58. The Morgan fingerprint density at radius 2 is 2.14 bits per heavy atom. The number of carbonyl (C=O) groups excluding carboxylic acids is 1. The number of amides is 1. The summed E-state index contributed by atoms with van der Waals surface area (Å²) in [5, 5.41) is 13.7. The number of nitrogens with zero attached hydrogens (tertiary/aromatic N) is 2. The van der Waals surface area contributed by atoms with E-state index in [1.807, 2.05) is 11.4 Å². The summed E-state index contributed by atoms with van der Waals surface area (Å²) >= 11 is 2.70. The Morgan fingerprint density at radius 1 is 1.41 bits per heavy atom. The number of hydrogen-bond acceptors (Lipinski definition) is 5. The maximum absolute atomic E-state index is 11.7. The SMILES string of the molecule is CC(C)c1ccc(-c2csc(NC(=O)CSCC#N)n2)cc1. The number of hydrogen-bond donors (Lipinski definition) is 1. The molecular formula is C16H17N3OS2. The van der Waals surface area contributed by atoms with Crippen LogP contribution in [0.3, 0.4) is 0 Å². The van der Waals surface area contributed by atoms with Crippen LogP contribution in [0.4, 0.5) is 5.13 Å². The van der Waals surface area contributed by atoms with Crippen molar-refractivity contribution in [3.63, 3.8) is 0 Å². The van der Waals surface area contributed by atoms with Gasteiger partial charge in [0.1, 0.15) is 0 Å². The van der Waals surface area contributed by atoms with Crippen LogP contribution in [0.25, 0.3) is 11.3 Å². The van der Waals surface area contributed by atoms with Crippen LogP contribution in [-0.2, 0) is 4.79 Å². The van der Waals surface area contributed by atoms with Crippen molar-refractivity contribution in [1.29, 1.82) is 5.26 Å². The van der Waals surface area contributed by atoms with Crippen molar-refractivity contribution in [2.24, 2.45) is 0 Å². The molecule has 0 radical (unpaired) electrons. The molecule has 0 saturated heterocycles. The summed E-state index contributed by atoms with van der Waals surface area (Å²) in [5.74, 6) is 0.964. The topological polar surface area (TPSA) is 65.8 Å². The minimum Gasteiger partial charge on any atom is -0.301 e. The minimum atomic E-state index is -0.128. The zero-order valence-electron chi connectivity index (χ0n) is 12.5. The molecule has 1 aromatic heterocycles. The van der Waals surface area contributed by atoms with Crippen LogP contribution in [0.2, 0.25) is 0 Å². The van der Waals surface area contributed by atoms with Gasteiger partial charge in [-0.1, -0.05) is 38.1 Å². The first-order chi connectivity index (χ1) is 10.6. The second-order valence-corrected chi connectivity index (χ2v) is 6.86. The molecular weight excluding hydrogens is 314 g/mol. The number of carbonyl (C=O) groups is 1. The molecule has 114 valence electrons. The predicted octanol–water partition coefficient (Wildman–Crippen LogP) is 4.13. The lowest BCUT2D eigenvalue weighted by Gasteiger charge is -2.05. The lowest BCUT2D eigenvalue weighted by atomic mass is 10.0. The standard InChI is InChI=1S/C16H17N3OS2/c1-11(2)12-3-5-13(6-4-12)14-9-22-16(18-14)19-15(20)10-21-8-7-17/h3-6,9,11H,8,10H2,1-2H3,(H,18,19,20). The molecule has 1 amide bonds. The number of nitriles is 1. The van der Waals surface area contributed by atoms with Crippen molar-refractivity contribution in [1.82, 2.24) is 4.98 Å². The average molecular weight is 331 g/mol. The van der Waals surface area contributed by atoms with E-state index >= 15 is 0 Å². The molecule has 0 fully saturated rings. The van der Waals surface area contributed by atoms with Gasteiger partial charge in [0.25, 0.3) is 0 Å². The summed E-state index contributed by atoms with van der Waals surface area (Å²) in [6, 6.07) is 10.3. The van der Waals surface area contributed by atoms with Gasteiger partial charge in [-0.05, 0) is 11.5 Å². The maximum atomic E-state index is 11.7. The highest BCUT2D eigenvalue weighted by atomic mass is 32.2. The monoisotopic (exact) mass is 331 g/mol. The predicted molar refractivity (Wildman–Crippen MR) is 93.2 cm³/mol. The highest BCUT2D eigenvalue weighted by Gasteiger charge is 2.08. The Morgan fingerprint density at radius 3 is 2.77 bits per heavy atom. The quantitative estimate of drug-likeness (QED) is 0.808. The normalized spacial score (nSPS) is 10.5. The lowest BCUT2D eigenvalue weighted by molar-refractivity contribution is -0.113. The number of thioether (sulfide) groups is 1. The van der Waals surface area contributed by atoms with Crippen molar-refractivity contribution < 1.29 is 4.79 Å². The van der Waals surface area contributed by atoms with Crippen LogP contribution in [-0.4, -0.2) is 22.4 Å². The molecule has 6 heteroatoms. The third kappa shape index (κ3) is 4.58. The number of benzene rings is 1. The zero-order valence-corrected chi connectivity index (χ0v) is 14.1. The maximum Gasteiger partial charge on any atom is 0.236 e. The van der Waals surface area contributed by atoms with E-state index in [0.717, 1.165) is 11.3 Å². The smallest absolute Gasteiger partial charge is 0.236 e. The van der Waals surface area contributed by atoms with E-state index < -0.39 is 0 Å². The molecule has 2 rings (SSSR count). The number of rotatable bonds is 6. The van der Waals surface area contributed by atoms with Crippen LogP contribution in [0, 0.1) is 11.3 Å². The van der Waals surface area contributed by atoms with Gasteiger partial charge >= 0.3 is 0 Å². The molecule has 0 bridgehead atoms. The highest BCUT2D eigenvalue weighted by molar-refractivity contribution is 8.00. The average Bonchev–Trinajstić information content (AvgIpc) is 2.96. The Hall–Kier alpha value is -1.84. The molecule has 1 heterocycles. The molecule has 22 heavy (non-hydrogen) atoms. The summed E-state index contributed by atoms with van der Waals surface area (Å²) in [6.07, 6.45) is 0. The highest BCUT2D eigenvalue weighted by Crippen LogP contribution is 2.26. The summed E-state index contributed by atoms with van der Waals surface area (Å²) < 4.78 is 0. The van der Waals surface area contributed by atoms with E-state index in [9.17, 15) is 4.79 Å². The van der Waals surface area contributed by atoms with E-state index in [4.69, 9.17) is 5.26 Å². The molecule has 4 nitrogen and oxygen atoms in total. The summed E-state index contributed by atoms with van der Waals surface area (Å²) in [4.78, 5) is 16.1. The Labute approximate surface area is 138 Å². The van der Waals surface area contributed by atoms with Gasteiger partial charge in [-0.25, -0.2) is 4.98 Å². The van der Waals surface area contributed by atoms with E-state index in [2.05, 4.69) is 48.4 Å². The van der Waals surface area contributed by atoms with Crippen LogP contribution in [0.15, 0.2) is 29.6 Å². The van der Waals surface area contributed by atoms with Gasteiger partial charge in [0.05, 0.1) is 23.3 Å². The van der Waals surface area contributed by atoms with Crippen LogP contribution >= 0.6 is 23.1 Å². The molecule has 0 saturated carbocycles. The van der Waals surface area contributed by atoms with Gasteiger partial charge in [-0.15, -0.1) is 23.1 Å². The Bertz CT molecular complexity index is 671. The fourth-order valence-corrected chi connectivity index (χ4v) is 3.03. The third-order valence-electron chi connectivity index (χ3n) is 3.02. The van der Waals surface area contributed by atoms with E-state index in [1.54, 1.807) is 0 Å². The molecule has 0 aliphatic rings. The second-order valence-electron chi connectivity index (χ2n) is 5.01. The van der Waals surface area contributed by atoms with Crippen molar-refractivity contribution in [3.8, 4) is 17.3 Å². The number of thiazole rings is 1. The molecule has 0 aliphatic carbocycles. The van der Waals surface area contributed by atoms with Crippen molar-refractivity contribution in [3.05, 3.63) is 35.2 Å². The van der Waals surface area contributed by atoms with Crippen molar-refractivity contribution >= 4 is 34.1 Å². The second kappa shape index (κ2) is 7.97. The molecule has 2 aromatic rings. The van der Waals surface area contributed by atoms with E-state index in [-0.39, 0.29) is 11.7 Å². The molecule has 1 N–H and O–H groups in total. The van der Waals surface area contributed by atoms with E-state index in [0.29, 0.717) is 16.8 Å². The molecule has 1 aromatic carbocycles. The number of aromatic nitrogens is 1. The first-order valence-corrected chi connectivity index (χ1v) is 8.94. The van der Waals surface area contributed by atoms with Crippen molar-refractivity contribution in [2.75, 3.05) is 16.8 Å². The first-order valence-electron chi connectivity index (χ1n) is 6.90. The fraction of sp³-hybridized carbons (Fsp3) is 0.312. The summed E-state index contributed by atoms with van der Waals surface area (Å²) in [6.45, 7) is 4.33. The van der Waals surface area contributed by atoms with Crippen LogP contribution in [0.1, 0.15) is 25.3 Å². The fourth-order valence-electron chi connectivity index (χ4n) is 1.85. The van der Waals surface area contributed by atoms with E-state index in [1.165, 1.54) is 28.7 Å². The largest absolute Gasteiger partial charge is 0.301 e. The minimum absolute atomic E-state index is 0.128. The van der Waals surface area contributed by atoms with Gasteiger partial charge in [-0.3, -0.25) is 4.79 Å². The van der Waals surface area contributed by atoms with Crippen LogP contribution < -0.4 is 5.32 Å².